The Morgan fingerprint density at radius 1 is 1.06 bits per heavy atom. The van der Waals surface area contributed by atoms with Crippen molar-refractivity contribution >= 4 is 33.4 Å². The van der Waals surface area contributed by atoms with Crippen LogP contribution in [0.5, 0.6) is 0 Å². The molecule has 1 fully saturated rings. The Balaban J connectivity index is 1.22. The highest BCUT2D eigenvalue weighted by atomic mass is 32.2. The third-order valence-electron chi connectivity index (χ3n) is 5.99. The lowest BCUT2D eigenvalue weighted by molar-refractivity contribution is -0.116. The Hall–Kier alpha value is -1.91. The second-order valence-corrected chi connectivity index (χ2v) is 11.9. The van der Waals surface area contributed by atoms with Crippen LogP contribution in [0.3, 0.4) is 0 Å². The van der Waals surface area contributed by atoms with Gasteiger partial charge in [0.25, 0.3) is 0 Å². The third-order valence-corrected chi connectivity index (χ3v) is 8.63. The highest BCUT2D eigenvalue weighted by Crippen LogP contribution is 2.36. The van der Waals surface area contributed by atoms with E-state index in [4.69, 9.17) is 0 Å². The molecule has 2 aliphatic rings. The number of carbonyl (C=O) groups is 1. The summed E-state index contributed by atoms with van der Waals surface area (Å²) in [6, 6.07) is 15.5. The minimum atomic E-state index is -3.62. The molecule has 33 heavy (non-hydrogen) atoms. The van der Waals surface area contributed by atoms with E-state index in [9.17, 15) is 13.2 Å². The monoisotopic (exact) mass is 488 g/mol. The largest absolute Gasteiger partial charge is 0.325 e. The van der Waals surface area contributed by atoms with Crippen LogP contribution in [0.25, 0.3) is 0 Å². The summed E-state index contributed by atoms with van der Waals surface area (Å²) in [5.74, 6) is -0.0832. The third kappa shape index (κ3) is 6.80. The van der Waals surface area contributed by atoms with Crippen molar-refractivity contribution in [3.8, 4) is 0 Å². The number of nitrogens with one attached hydrogen (secondary N) is 2. The van der Waals surface area contributed by atoms with Crippen LogP contribution < -0.4 is 10.0 Å². The van der Waals surface area contributed by atoms with E-state index in [2.05, 4.69) is 44.1 Å². The summed E-state index contributed by atoms with van der Waals surface area (Å²) in [7, 11) is -3.62. The van der Waals surface area contributed by atoms with Gasteiger partial charge in [0, 0.05) is 55.8 Å². The lowest BCUT2D eigenvalue weighted by atomic mass is 10.2. The van der Waals surface area contributed by atoms with Crippen LogP contribution in [-0.2, 0) is 21.4 Å². The number of sulfonamides is 1. The van der Waals surface area contributed by atoms with Gasteiger partial charge in [-0.1, -0.05) is 37.3 Å². The molecule has 0 radical (unpaired) electrons. The molecule has 2 aromatic rings. The number of rotatable bonds is 8. The van der Waals surface area contributed by atoms with E-state index in [-0.39, 0.29) is 16.1 Å². The molecule has 178 valence electrons. The molecule has 0 unspecified atom stereocenters. The molecule has 4 rings (SSSR count). The van der Waals surface area contributed by atoms with Crippen molar-refractivity contribution in [2.45, 2.75) is 41.4 Å². The molecule has 0 saturated carbocycles. The summed E-state index contributed by atoms with van der Waals surface area (Å²) in [6.07, 6.45) is 1.17. The van der Waals surface area contributed by atoms with E-state index in [0.717, 1.165) is 50.6 Å². The molecule has 1 saturated heterocycles. The molecular formula is C24H32N4O3S2. The van der Waals surface area contributed by atoms with Crippen molar-refractivity contribution in [3.63, 3.8) is 0 Å². The van der Waals surface area contributed by atoms with Crippen molar-refractivity contribution in [1.29, 1.82) is 0 Å². The molecular weight excluding hydrogens is 456 g/mol. The van der Waals surface area contributed by atoms with Crippen molar-refractivity contribution in [2.24, 2.45) is 0 Å². The van der Waals surface area contributed by atoms with Gasteiger partial charge in [0.2, 0.25) is 15.9 Å². The van der Waals surface area contributed by atoms with Crippen LogP contribution in [0.4, 0.5) is 5.69 Å². The molecule has 0 aliphatic carbocycles. The average Bonchev–Trinajstić information content (AvgIpc) is 2.94. The highest BCUT2D eigenvalue weighted by molar-refractivity contribution is 8.00. The SMILES string of the molecule is C[C@@H]1CC(=O)Nc2cc(S(=O)(=O)NCCCN3CCN(Cc4ccccc4)CC3)ccc2S1. The predicted molar refractivity (Wildman–Crippen MR) is 133 cm³/mol. The number of fused-ring (bicyclic) bond motifs is 1. The van der Waals surface area contributed by atoms with E-state index >= 15 is 0 Å². The molecule has 7 nitrogen and oxygen atoms in total. The Bertz CT molecular complexity index is 1050. The number of hydrogen-bond acceptors (Lipinski definition) is 6. The smallest absolute Gasteiger partial charge is 0.240 e. The van der Waals surface area contributed by atoms with Crippen LogP contribution in [0, 0.1) is 0 Å². The zero-order valence-corrected chi connectivity index (χ0v) is 20.6. The first-order valence-corrected chi connectivity index (χ1v) is 13.8. The topological polar surface area (TPSA) is 81.7 Å². The Labute approximate surface area is 201 Å². The first-order valence-electron chi connectivity index (χ1n) is 11.5. The molecule has 1 amide bonds. The number of amides is 1. The van der Waals surface area contributed by atoms with Crippen LogP contribution in [-0.4, -0.2) is 68.6 Å². The standard InChI is InChI=1S/C24H32N4O3S2/c1-19-16-24(29)26-22-17-21(8-9-23(22)32-19)33(30,31)25-10-5-11-27-12-14-28(15-13-27)18-20-6-3-2-4-7-20/h2-4,6-9,17,19,25H,5,10-16,18H2,1H3,(H,26,29)/t19-/m1/s1. The van der Waals surface area contributed by atoms with Gasteiger partial charge in [-0.15, -0.1) is 11.8 Å². The summed E-state index contributed by atoms with van der Waals surface area (Å²) >= 11 is 1.59. The number of thioether (sulfide) groups is 1. The molecule has 2 heterocycles. The van der Waals surface area contributed by atoms with E-state index in [1.807, 2.05) is 13.0 Å². The van der Waals surface area contributed by atoms with Gasteiger partial charge < -0.3 is 10.2 Å². The van der Waals surface area contributed by atoms with Crippen molar-refractivity contribution in [1.82, 2.24) is 14.5 Å². The molecule has 9 heteroatoms. The van der Waals surface area contributed by atoms with Gasteiger partial charge in [-0.3, -0.25) is 9.69 Å². The fourth-order valence-corrected chi connectivity index (χ4v) is 6.35. The molecule has 1 atom stereocenters. The minimum Gasteiger partial charge on any atom is -0.325 e. The van der Waals surface area contributed by atoms with Crippen molar-refractivity contribution in [2.75, 3.05) is 44.6 Å². The molecule has 0 bridgehead atoms. The number of anilines is 1. The van der Waals surface area contributed by atoms with Gasteiger partial charge in [0.1, 0.15) is 0 Å². The molecule has 0 aromatic heterocycles. The maximum absolute atomic E-state index is 12.8. The van der Waals surface area contributed by atoms with Crippen LogP contribution >= 0.6 is 11.8 Å². The summed E-state index contributed by atoms with van der Waals surface area (Å²) < 4.78 is 28.2. The lowest BCUT2D eigenvalue weighted by Crippen LogP contribution is -2.46. The Morgan fingerprint density at radius 3 is 2.55 bits per heavy atom. The number of piperazine rings is 1. The Morgan fingerprint density at radius 2 is 1.79 bits per heavy atom. The lowest BCUT2D eigenvalue weighted by Gasteiger charge is -2.34. The van der Waals surface area contributed by atoms with Gasteiger partial charge in [-0.05, 0) is 36.7 Å². The van der Waals surface area contributed by atoms with Gasteiger partial charge in [0.05, 0.1) is 10.6 Å². The second-order valence-electron chi connectivity index (χ2n) is 8.69. The minimum absolute atomic E-state index is 0.0832. The van der Waals surface area contributed by atoms with Crippen LogP contribution in [0.15, 0.2) is 58.3 Å². The molecule has 2 aromatic carbocycles. The van der Waals surface area contributed by atoms with Crippen molar-refractivity contribution in [3.05, 3.63) is 54.1 Å². The van der Waals surface area contributed by atoms with E-state index in [1.165, 1.54) is 5.56 Å². The fraction of sp³-hybridized carbons (Fsp3) is 0.458. The van der Waals surface area contributed by atoms with Gasteiger partial charge in [-0.25, -0.2) is 13.1 Å². The van der Waals surface area contributed by atoms with Gasteiger partial charge in [-0.2, -0.15) is 0 Å². The van der Waals surface area contributed by atoms with Crippen LogP contribution in [0.2, 0.25) is 0 Å². The predicted octanol–water partition coefficient (Wildman–Crippen LogP) is 3.00. The average molecular weight is 489 g/mol. The maximum atomic E-state index is 12.8. The first-order chi connectivity index (χ1) is 15.9. The Kier molecular flexibility index (Phi) is 8.08. The van der Waals surface area contributed by atoms with Gasteiger partial charge in [0.15, 0.2) is 0 Å². The van der Waals surface area contributed by atoms with Gasteiger partial charge >= 0.3 is 0 Å². The number of carbonyl (C=O) groups excluding carboxylic acids is 1. The number of benzene rings is 2. The first kappa shape index (κ1) is 24.2. The summed E-state index contributed by atoms with van der Waals surface area (Å²) in [5.41, 5.74) is 1.91. The zero-order valence-electron chi connectivity index (χ0n) is 19.0. The number of hydrogen-bond donors (Lipinski definition) is 2. The molecule has 0 spiro atoms. The normalized spacial score (nSPS) is 20.2. The second kappa shape index (κ2) is 11.0. The highest BCUT2D eigenvalue weighted by Gasteiger charge is 2.22. The molecule has 2 N–H and O–H groups in total. The zero-order chi connectivity index (χ0) is 23.3. The fourth-order valence-electron chi connectivity index (χ4n) is 4.20. The molecule has 2 aliphatic heterocycles. The van der Waals surface area contributed by atoms with E-state index in [1.54, 1.807) is 30.0 Å². The summed E-state index contributed by atoms with van der Waals surface area (Å²) in [5, 5.41) is 2.99. The quantitative estimate of drug-likeness (QED) is 0.556. The summed E-state index contributed by atoms with van der Waals surface area (Å²) in [6.45, 7) is 8.29. The maximum Gasteiger partial charge on any atom is 0.240 e. The van der Waals surface area contributed by atoms with E-state index < -0.39 is 10.0 Å². The van der Waals surface area contributed by atoms with E-state index in [0.29, 0.717) is 18.7 Å². The number of nitrogens with zero attached hydrogens (tertiary/aromatic N) is 2. The van der Waals surface area contributed by atoms with Crippen LogP contribution in [0.1, 0.15) is 25.3 Å². The van der Waals surface area contributed by atoms with Crippen molar-refractivity contribution < 1.29 is 13.2 Å². The summed E-state index contributed by atoms with van der Waals surface area (Å²) in [4.78, 5) is 17.9.